The Morgan fingerprint density at radius 3 is 2.38 bits per heavy atom. The van der Waals surface area contributed by atoms with Crippen molar-refractivity contribution < 1.29 is 19.4 Å². The average Bonchev–Trinajstić information content (AvgIpc) is 2.63. The standard InChI is InChI=1S/C11H17NO4/c13-10(12-6-7-2-1-3-7)8-4-5-9(16-8)11(14)15/h7-9H,1-6H2,(H,12,13)(H,14,15). The Bertz CT molecular complexity index is 288. The molecule has 1 amide bonds. The number of rotatable bonds is 4. The van der Waals surface area contributed by atoms with E-state index in [1.54, 1.807) is 0 Å². The predicted octanol–water partition coefficient (Wildman–Crippen LogP) is 0.535. The van der Waals surface area contributed by atoms with E-state index in [1.807, 2.05) is 0 Å². The van der Waals surface area contributed by atoms with Crippen molar-refractivity contribution in [1.29, 1.82) is 0 Å². The third kappa shape index (κ3) is 2.52. The minimum absolute atomic E-state index is 0.157. The number of carbonyl (C=O) groups is 2. The smallest absolute Gasteiger partial charge is 0.332 e. The molecule has 0 radical (unpaired) electrons. The molecule has 90 valence electrons. The lowest BCUT2D eigenvalue weighted by molar-refractivity contribution is -0.151. The second kappa shape index (κ2) is 4.82. The Kier molecular flexibility index (Phi) is 3.43. The first kappa shape index (κ1) is 11.4. The number of nitrogens with one attached hydrogen (secondary N) is 1. The first-order chi connectivity index (χ1) is 7.66. The van der Waals surface area contributed by atoms with E-state index >= 15 is 0 Å². The second-order valence-corrected chi connectivity index (χ2v) is 4.57. The fraction of sp³-hybridized carbons (Fsp3) is 0.818. The molecule has 0 spiro atoms. The number of amides is 1. The molecule has 2 aliphatic rings. The van der Waals surface area contributed by atoms with Crippen LogP contribution in [0.3, 0.4) is 0 Å². The van der Waals surface area contributed by atoms with Gasteiger partial charge in [0.1, 0.15) is 6.10 Å². The highest BCUT2D eigenvalue weighted by Gasteiger charge is 2.34. The molecule has 0 aromatic rings. The Morgan fingerprint density at radius 1 is 1.19 bits per heavy atom. The van der Waals surface area contributed by atoms with Crippen molar-refractivity contribution in [3.05, 3.63) is 0 Å². The van der Waals surface area contributed by atoms with E-state index in [2.05, 4.69) is 5.32 Å². The lowest BCUT2D eigenvalue weighted by Crippen LogP contribution is -2.39. The molecule has 1 heterocycles. The molecular weight excluding hydrogens is 210 g/mol. The maximum Gasteiger partial charge on any atom is 0.332 e. The van der Waals surface area contributed by atoms with Crippen LogP contribution in [0.15, 0.2) is 0 Å². The van der Waals surface area contributed by atoms with Crippen molar-refractivity contribution in [2.24, 2.45) is 5.92 Å². The van der Waals surface area contributed by atoms with E-state index in [1.165, 1.54) is 19.3 Å². The summed E-state index contributed by atoms with van der Waals surface area (Å²) in [7, 11) is 0. The molecule has 16 heavy (non-hydrogen) atoms. The van der Waals surface area contributed by atoms with E-state index in [-0.39, 0.29) is 5.91 Å². The molecule has 5 heteroatoms. The van der Waals surface area contributed by atoms with Gasteiger partial charge >= 0.3 is 5.97 Å². The quantitative estimate of drug-likeness (QED) is 0.734. The number of aliphatic carboxylic acids is 1. The maximum atomic E-state index is 11.6. The monoisotopic (exact) mass is 227 g/mol. The second-order valence-electron chi connectivity index (χ2n) is 4.57. The third-order valence-electron chi connectivity index (χ3n) is 3.38. The molecule has 2 N–H and O–H groups in total. The van der Waals surface area contributed by atoms with Crippen LogP contribution in [-0.2, 0) is 14.3 Å². The molecule has 2 rings (SSSR count). The lowest BCUT2D eigenvalue weighted by atomic mass is 9.85. The minimum atomic E-state index is -0.978. The third-order valence-corrected chi connectivity index (χ3v) is 3.38. The SMILES string of the molecule is O=C(O)C1CCC(C(=O)NCC2CCC2)O1. The molecule has 5 nitrogen and oxygen atoms in total. The van der Waals surface area contributed by atoms with Crippen LogP contribution >= 0.6 is 0 Å². The van der Waals surface area contributed by atoms with Crippen LogP contribution in [0.1, 0.15) is 32.1 Å². The summed E-state index contributed by atoms with van der Waals surface area (Å²) in [6.45, 7) is 0.705. The summed E-state index contributed by atoms with van der Waals surface area (Å²) in [5.41, 5.74) is 0. The Labute approximate surface area is 94.2 Å². The number of carboxylic acid groups (broad SMARTS) is 1. The summed E-state index contributed by atoms with van der Waals surface area (Å²) < 4.78 is 5.16. The Morgan fingerprint density at radius 2 is 1.88 bits per heavy atom. The van der Waals surface area contributed by atoms with Crippen LogP contribution in [-0.4, -0.2) is 35.7 Å². The molecule has 0 bridgehead atoms. The van der Waals surface area contributed by atoms with Gasteiger partial charge in [-0.25, -0.2) is 4.79 Å². The zero-order chi connectivity index (χ0) is 11.5. The zero-order valence-corrected chi connectivity index (χ0v) is 9.15. The van der Waals surface area contributed by atoms with E-state index < -0.39 is 18.2 Å². The average molecular weight is 227 g/mol. The number of carboxylic acids is 1. The first-order valence-corrected chi connectivity index (χ1v) is 5.83. The molecule has 2 unspecified atom stereocenters. The van der Waals surface area contributed by atoms with Crippen LogP contribution in [0, 0.1) is 5.92 Å². The van der Waals surface area contributed by atoms with Gasteiger partial charge < -0.3 is 15.2 Å². The van der Waals surface area contributed by atoms with E-state index in [9.17, 15) is 9.59 Å². The van der Waals surface area contributed by atoms with Gasteiger partial charge in [-0.15, -0.1) is 0 Å². The summed E-state index contributed by atoms with van der Waals surface area (Å²) in [5.74, 6) is -0.523. The van der Waals surface area contributed by atoms with Gasteiger partial charge in [0.15, 0.2) is 6.10 Å². The van der Waals surface area contributed by atoms with Gasteiger partial charge in [0.05, 0.1) is 0 Å². The Hall–Kier alpha value is -1.10. The van der Waals surface area contributed by atoms with Crippen molar-refractivity contribution >= 4 is 11.9 Å². The van der Waals surface area contributed by atoms with E-state index in [4.69, 9.17) is 9.84 Å². The molecular formula is C11H17NO4. The molecule has 1 saturated carbocycles. The highest BCUT2D eigenvalue weighted by Crippen LogP contribution is 2.25. The summed E-state index contributed by atoms with van der Waals surface area (Å²) in [6, 6.07) is 0. The normalized spacial score (nSPS) is 29.8. The minimum Gasteiger partial charge on any atom is -0.479 e. The molecule has 2 fully saturated rings. The highest BCUT2D eigenvalue weighted by atomic mass is 16.5. The van der Waals surface area contributed by atoms with Crippen LogP contribution in [0.4, 0.5) is 0 Å². The lowest BCUT2D eigenvalue weighted by Gasteiger charge is -2.25. The largest absolute Gasteiger partial charge is 0.479 e. The highest BCUT2D eigenvalue weighted by molar-refractivity contribution is 5.82. The molecule has 1 saturated heterocycles. The van der Waals surface area contributed by atoms with Gasteiger partial charge in [-0.2, -0.15) is 0 Å². The van der Waals surface area contributed by atoms with Gasteiger partial charge in [-0.3, -0.25) is 4.79 Å². The zero-order valence-electron chi connectivity index (χ0n) is 9.15. The van der Waals surface area contributed by atoms with E-state index in [0.717, 1.165) is 0 Å². The number of hydrogen-bond acceptors (Lipinski definition) is 3. The topological polar surface area (TPSA) is 75.6 Å². The van der Waals surface area contributed by atoms with Crippen molar-refractivity contribution in [3.8, 4) is 0 Å². The number of carbonyl (C=O) groups excluding carboxylic acids is 1. The molecule has 0 aromatic heterocycles. The molecule has 2 atom stereocenters. The van der Waals surface area contributed by atoms with Gasteiger partial charge in [-0.05, 0) is 31.6 Å². The maximum absolute atomic E-state index is 11.6. The number of hydrogen-bond donors (Lipinski definition) is 2. The predicted molar refractivity (Wildman–Crippen MR) is 55.9 cm³/mol. The van der Waals surface area contributed by atoms with Crippen molar-refractivity contribution in [3.63, 3.8) is 0 Å². The van der Waals surface area contributed by atoms with Crippen LogP contribution in [0.25, 0.3) is 0 Å². The van der Waals surface area contributed by atoms with Crippen LogP contribution in [0.2, 0.25) is 0 Å². The van der Waals surface area contributed by atoms with Crippen LogP contribution in [0.5, 0.6) is 0 Å². The van der Waals surface area contributed by atoms with Gasteiger partial charge in [-0.1, -0.05) is 6.42 Å². The first-order valence-electron chi connectivity index (χ1n) is 5.83. The number of ether oxygens (including phenoxy) is 1. The summed E-state index contributed by atoms with van der Waals surface area (Å²) >= 11 is 0. The summed E-state index contributed by atoms with van der Waals surface area (Å²) in [6.07, 6.45) is 3.18. The molecule has 1 aliphatic heterocycles. The van der Waals surface area contributed by atoms with Gasteiger partial charge in [0.2, 0.25) is 5.91 Å². The van der Waals surface area contributed by atoms with Gasteiger partial charge in [0, 0.05) is 6.54 Å². The van der Waals surface area contributed by atoms with Crippen molar-refractivity contribution in [2.75, 3.05) is 6.54 Å². The van der Waals surface area contributed by atoms with Crippen molar-refractivity contribution in [2.45, 2.75) is 44.3 Å². The fourth-order valence-electron chi connectivity index (χ4n) is 2.07. The van der Waals surface area contributed by atoms with E-state index in [0.29, 0.717) is 25.3 Å². The van der Waals surface area contributed by atoms with Crippen molar-refractivity contribution in [1.82, 2.24) is 5.32 Å². The summed E-state index contributed by atoms with van der Waals surface area (Å²) in [5, 5.41) is 11.6. The van der Waals surface area contributed by atoms with Crippen LogP contribution < -0.4 is 5.32 Å². The molecule has 1 aliphatic carbocycles. The Balaban J connectivity index is 1.71. The molecule has 0 aromatic carbocycles. The van der Waals surface area contributed by atoms with Gasteiger partial charge in [0.25, 0.3) is 0 Å². The fourth-order valence-corrected chi connectivity index (χ4v) is 2.07. The summed E-state index contributed by atoms with van der Waals surface area (Å²) in [4.78, 5) is 22.3.